The van der Waals surface area contributed by atoms with Crippen molar-refractivity contribution < 1.29 is 4.79 Å². The number of fused-ring (bicyclic) bond motifs is 1. The molecule has 0 radical (unpaired) electrons. The van der Waals surface area contributed by atoms with E-state index in [1.807, 2.05) is 6.07 Å². The molecule has 1 saturated carbocycles. The van der Waals surface area contributed by atoms with Crippen LogP contribution in [0.5, 0.6) is 0 Å². The average molecular weight is 628 g/mol. The molecule has 12 heteroatoms. The number of likely N-dealkylation sites (tertiary alicyclic amines) is 1. The molecule has 9 nitrogen and oxygen atoms in total. The zero-order valence-electron chi connectivity index (χ0n) is 23.1. The highest BCUT2D eigenvalue weighted by atomic mass is 35.5. The quantitative estimate of drug-likeness (QED) is 0.196. The van der Waals surface area contributed by atoms with Crippen LogP contribution in [0.4, 0.5) is 17.6 Å². The number of carbonyl (C=O) groups is 1. The van der Waals surface area contributed by atoms with Crippen LogP contribution in [0.1, 0.15) is 50.1 Å². The van der Waals surface area contributed by atoms with Crippen molar-refractivity contribution in [2.45, 2.75) is 57.2 Å². The summed E-state index contributed by atoms with van der Waals surface area (Å²) in [6.45, 7) is 2.90. The molecule has 2 aromatic carbocycles. The largest absolute Gasteiger partial charge is 0.369 e. The van der Waals surface area contributed by atoms with Crippen molar-refractivity contribution >= 4 is 69.5 Å². The molecular weight excluding hydrogens is 595 g/mol. The highest BCUT2D eigenvalue weighted by Gasteiger charge is 2.30. The third-order valence-corrected chi connectivity index (χ3v) is 9.04. The summed E-state index contributed by atoms with van der Waals surface area (Å²) in [4.78, 5) is 28.7. The fraction of sp³-hybridized carbons (Fsp3) is 0.400. The van der Waals surface area contributed by atoms with Gasteiger partial charge in [-0.05, 0) is 62.8 Å². The first kappa shape index (κ1) is 29.0. The number of carbonyl (C=O) groups excluding carboxylic acids is 1. The molecule has 1 aliphatic heterocycles. The van der Waals surface area contributed by atoms with E-state index >= 15 is 0 Å². The SMILES string of the molecule is NC(=O)[C@H]1CC[C@@H](n2c(Nc3c(Cl)cc(Cl)cc3Cl)nc3cnc(N[C@@H]4CCCN(Cc5ccccc5)C4)nc32)CC1. The minimum absolute atomic E-state index is 0.0525. The molecule has 220 valence electrons. The lowest BCUT2D eigenvalue weighted by atomic mass is 9.85. The van der Waals surface area contributed by atoms with Crippen LogP contribution in [-0.4, -0.2) is 49.5 Å². The standard InChI is InChI=1S/C30H33Cl3N8O/c31-20-13-23(32)26(24(33)14-20)38-30-37-25-15-35-29(39-28(25)41(30)22-10-8-19(9-11-22)27(34)42)36-21-7-4-12-40(17-21)16-18-5-2-1-3-6-18/h1-3,5-6,13-15,19,21-22H,4,7-12,16-17H2,(H2,34,42)(H,37,38)(H,35,36,39)/t19-,21-,22+/m1/s1. The van der Waals surface area contributed by atoms with E-state index in [-0.39, 0.29) is 23.9 Å². The van der Waals surface area contributed by atoms with Gasteiger partial charge in [0.25, 0.3) is 0 Å². The topological polar surface area (TPSA) is 114 Å². The number of amides is 1. The molecule has 0 unspecified atom stereocenters. The number of hydrogen-bond acceptors (Lipinski definition) is 7. The first-order valence-corrected chi connectivity index (χ1v) is 15.5. The van der Waals surface area contributed by atoms with Gasteiger partial charge in [-0.1, -0.05) is 65.1 Å². The minimum Gasteiger partial charge on any atom is -0.369 e. The van der Waals surface area contributed by atoms with E-state index in [0.29, 0.717) is 56.7 Å². The Hall–Kier alpha value is -3.11. The Bertz CT molecular complexity index is 1550. The number of anilines is 3. The second-order valence-corrected chi connectivity index (χ2v) is 12.4. The molecule has 42 heavy (non-hydrogen) atoms. The summed E-state index contributed by atoms with van der Waals surface area (Å²) in [6, 6.07) is 14.1. The van der Waals surface area contributed by atoms with Crippen LogP contribution in [0.2, 0.25) is 15.1 Å². The summed E-state index contributed by atoms with van der Waals surface area (Å²) in [5, 5.41) is 8.12. The van der Waals surface area contributed by atoms with E-state index in [1.54, 1.807) is 18.3 Å². The van der Waals surface area contributed by atoms with Gasteiger partial charge in [0.15, 0.2) is 5.65 Å². The van der Waals surface area contributed by atoms with Gasteiger partial charge in [0.05, 0.1) is 21.9 Å². The van der Waals surface area contributed by atoms with Gasteiger partial charge >= 0.3 is 0 Å². The number of imidazole rings is 1. The lowest BCUT2D eigenvalue weighted by Gasteiger charge is -2.33. The molecule has 1 saturated heterocycles. The summed E-state index contributed by atoms with van der Waals surface area (Å²) >= 11 is 19.2. The van der Waals surface area contributed by atoms with Crippen molar-refractivity contribution in [3.63, 3.8) is 0 Å². The van der Waals surface area contributed by atoms with Crippen LogP contribution in [0, 0.1) is 5.92 Å². The second-order valence-electron chi connectivity index (χ2n) is 11.2. The molecule has 6 rings (SSSR count). The highest BCUT2D eigenvalue weighted by Crippen LogP contribution is 2.40. The third kappa shape index (κ3) is 6.44. The summed E-state index contributed by atoms with van der Waals surface area (Å²) in [5.74, 6) is 0.751. The van der Waals surface area contributed by atoms with Gasteiger partial charge in [-0.25, -0.2) is 9.97 Å². The van der Waals surface area contributed by atoms with E-state index < -0.39 is 0 Å². The van der Waals surface area contributed by atoms with Crippen LogP contribution in [0.25, 0.3) is 11.2 Å². The van der Waals surface area contributed by atoms with Crippen LogP contribution >= 0.6 is 34.8 Å². The number of nitrogens with one attached hydrogen (secondary N) is 2. The molecule has 4 N–H and O–H groups in total. The number of rotatable bonds is 8. The van der Waals surface area contributed by atoms with Crippen molar-refractivity contribution in [1.82, 2.24) is 24.4 Å². The Balaban J connectivity index is 1.28. The molecular formula is C30H33Cl3N8O. The highest BCUT2D eigenvalue weighted by molar-refractivity contribution is 6.41. The number of nitrogens with two attached hydrogens (primary N) is 1. The fourth-order valence-electron chi connectivity index (χ4n) is 6.13. The average Bonchev–Trinajstić information content (AvgIpc) is 3.33. The van der Waals surface area contributed by atoms with Crippen LogP contribution in [0.3, 0.4) is 0 Å². The minimum atomic E-state index is -0.246. The Labute approximate surface area is 259 Å². The Kier molecular flexibility index (Phi) is 8.72. The van der Waals surface area contributed by atoms with E-state index in [4.69, 9.17) is 50.5 Å². The number of primary amides is 1. The molecule has 1 aliphatic carbocycles. The van der Waals surface area contributed by atoms with E-state index in [2.05, 4.69) is 49.4 Å². The molecule has 2 aromatic heterocycles. The number of hydrogen-bond donors (Lipinski definition) is 3. The van der Waals surface area contributed by atoms with Crippen molar-refractivity contribution in [2.75, 3.05) is 23.7 Å². The monoisotopic (exact) mass is 626 g/mol. The Morgan fingerprint density at radius 3 is 2.45 bits per heavy atom. The first-order valence-electron chi connectivity index (χ1n) is 14.3. The smallest absolute Gasteiger partial charge is 0.225 e. The molecule has 0 spiro atoms. The molecule has 2 aliphatic rings. The number of piperidine rings is 1. The van der Waals surface area contributed by atoms with E-state index in [1.165, 1.54) is 5.56 Å². The third-order valence-electron chi connectivity index (χ3n) is 8.23. The molecule has 1 amide bonds. The van der Waals surface area contributed by atoms with Crippen molar-refractivity contribution in [1.29, 1.82) is 0 Å². The van der Waals surface area contributed by atoms with Gasteiger partial charge < -0.3 is 16.4 Å². The van der Waals surface area contributed by atoms with Crippen LogP contribution in [-0.2, 0) is 11.3 Å². The van der Waals surface area contributed by atoms with Gasteiger partial charge in [0, 0.05) is 36.1 Å². The normalized spacial score (nSPS) is 21.4. The zero-order valence-corrected chi connectivity index (χ0v) is 25.3. The number of halogens is 3. The van der Waals surface area contributed by atoms with Gasteiger partial charge in [0.1, 0.15) is 5.52 Å². The Morgan fingerprint density at radius 1 is 1.00 bits per heavy atom. The summed E-state index contributed by atoms with van der Waals surface area (Å²) in [7, 11) is 0. The maximum atomic E-state index is 11.8. The van der Waals surface area contributed by atoms with E-state index in [9.17, 15) is 4.79 Å². The maximum Gasteiger partial charge on any atom is 0.225 e. The number of aromatic nitrogens is 4. The summed E-state index contributed by atoms with van der Waals surface area (Å²) in [6.07, 6.45) is 6.83. The number of benzene rings is 2. The van der Waals surface area contributed by atoms with Gasteiger partial charge in [0.2, 0.25) is 17.8 Å². The van der Waals surface area contributed by atoms with Gasteiger partial charge in [-0.3, -0.25) is 14.3 Å². The molecule has 4 aromatic rings. The molecule has 1 atom stereocenters. The molecule has 2 fully saturated rings. The molecule has 3 heterocycles. The summed E-state index contributed by atoms with van der Waals surface area (Å²) in [5.41, 5.74) is 8.79. The second kappa shape index (κ2) is 12.6. The predicted octanol–water partition coefficient (Wildman–Crippen LogP) is 6.82. The van der Waals surface area contributed by atoms with Gasteiger partial charge in [-0.2, -0.15) is 4.98 Å². The zero-order chi connectivity index (χ0) is 29.2. The first-order chi connectivity index (χ1) is 20.3. The maximum absolute atomic E-state index is 11.8. The Morgan fingerprint density at radius 2 is 1.74 bits per heavy atom. The lowest BCUT2D eigenvalue weighted by molar-refractivity contribution is -0.122. The van der Waals surface area contributed by atoms with Crippen LogP contribution < -0.4 is 16.4 Å². The van der Waals surface area contributed by atoms with Crippen molar-refractivity contribution in [2.24, 2.45) is 11.7 Å². The van der Waals surface area contributed by atoms with Crippen molar-refractivity contribution in [3.05, 3.63) is 69.3 Å². The van der Waals surface area contributed by atoms with Gasteiger partial charge in [-0.15, -0.1) is 0 Å². The van der Waals surface area contributed by atoms with Crippen molar-refractivity contribution in [3.8, 4) is 0 Å². The summed E-state index contributed by atoms with van der Waals surface area (Å²) < 4.78 is 2.09. The van der Waals surface area contributed by atoms with E-state index in [0.717, 1.165) is 45.3 Å². The number of nitrogens with zero attached hydrogens (tertiary/aromatic N) is 5. The molecule has 0 bridgehead atoms. The fourth-order valence-corrected chi connectivity index (χ4v) is 7.04. The predicted molar refractivity (Wildman–Crippen MR) is 169 cm³/mol. The van der Waals surface area contributed by atoms with Crippen LogP contribution in [0.15, 0.2) is 48.7 Å². The lowest BCUT2D eigenvalue weighted by Crippen LogP contribution is -2.41.